The maximum atomic E-state index is 12.3. The Labute approximate surface area is 94.7 Å². The van der Waals surface area contributed by atoms with E-state index in [-0.39, 0.29) is 10.9 Å². The van der Waals surface area contributed by atoms with E-state index in [4.69, 9.17) is 11.6 Å². The highest BCUT2D eigenvalue weighted by Crippen LogP contribution is 2.18. The van der Waals surface area contributed by atoms with Gasteiger partial charge in [-0.1, -0.05) is 11.6 Å². The minimum atomic E-state index is -2.43. The van der Waals surface area contributed by atoms with Crippen LogP contribution in [0.2, 0.25) is 5.15 Å². The summed E-state index contributed by atoms with van der Waals surface area (Å²) >= 11 is 5.75. The van der Waals surface area contributed by atoms with Crippen LogP contribution in [0.5, 0.6) is 0 Å². The Morgan fingerprint density at radius 1 is 1.56 bits per heavy atom. The van der Waals surface area contributed by atoms with E-state index in [2.05, 4.69) is 15.1 Å². The van der Waals surface area contributed by atoms with Crippen LogP contribution in [-0.4, -0.2) is 39.6 Å². The molecule has 0 saturated carbocycles. The summed E-state index contributed by atoms with van der Waals surface area (Å²) in [5, 5.41) is 4.08. The van der Waals surface area contributed by atoms with Gasteiger partial charge >= 0.3 is 0 Å². The largest absolute Gasteiger partial charge is 0.354 e. The van der Waals surface area contributed by atoms with Gasteiger partial charge in [0.25, 0.3) is 12.2 Å². The third-order valence-corrected chi connectivity index (χ3v) is 2.20. The average Bonchev–Trinajstić information content (AvgIpc) is 2.62. The van der Waals surface area contributed by atoms with Gasteiger partial charge in [0.15, 0.2) is 0 Å². The molecule has 0 aromatic carbocycles. The summed E-state index contributed by atoms with van der Waals surface area (Å²) in [4.78, 5) is 9.09. The number of anilines is 1. The number of hydrogen-bond acceptors (Lipinski definition) is 4. The molecule has 0 amide bonds. The topological polar surface area (TPSA) is 46.3 Å². The molecule has 16 heavy (non-hydrogen) atoms. The fourth-order valence-corrected chi connectivity index (χ4v) is 1.51. The highest BCUT2D eigenvalue weighted by Gasteiger charge is 2.14. The third kappa shape index (κ3) is 2.04. The number of aromatic nitrogens is 4. The fourth-order valence-electron chi connectivity index (χ4n) is 1.34. The lowest BCUT2D eigenvalue weighted by atomic mass is 10.5. The molecule has 0 bridgehead atoms. The van der Waals surface area contributed by atoms with Gasteiger partial charge in [-0.25, -0.2) is 8.78 Å². The molecule has 0 fully saturated rings. The number of fused-ring (bicyclic) bond motifs is 1. The van der Waals surface area contributed by atoms with Crippen LogP contribution in [0.1, 0.15) is 0 Å². The second-order valence-electron chi connectivity index (χ2n) is 3.18. The normalized spacial score (nSPS) is 11.3. The molecule has 0 N–H and O–H groups in total. The van der Waals surface area contributed by atoms with Gasteiger partial charge in [0.05, 0.1) is 6.54 Å². The summed E-state index contributed by atoms with van der Waals surface area (Å²) in [7, 11) is 1.53. The van der Waals surface area contributed by atoms with Gasteiger partial charge in [0.1, 0.15) is 17.3 Å². The Bertz CT molecular complexity index is 500. The van der Waals surface area contributed by atoms with Crippen LogP contribution in [0.3, 0.4) is 0 Å². The molecule has 0 atom stereocenters. The van der Waals surface area contributed by atoms with Crippen molar-refractivity contribution in [3.63, 3.8) is 0 Å². The zero-order valence-corrected chi connectivity index (χ0v) is 9.07. The summed E-state index contributed by atoms with van der Waals surface area (Å²) in [5.74, 6) is 0.705. The Morgan fingerprint density at radius 2 is 2.31 bits per heavy atom. The third-order valence-electron chi connectivity index (χ3n) is 2.00. The van der Waals surface area contributed by atoms with Crippen LogP contribution in [0.4, 0.5) is 14.6 Å². The molecule has 2 aromatic heterocycles. The number of halogens is 3. The van der Waals surface area contributed by atoms with E-state index in [1.807, 2.05) is 0 Å². The van der Waals surface area contributed by atoms with E-state index < -0.39 is 13.0 Å². The summed E-state index contributed by atoms with van der Waals surface area (Å²) < 4.78 is 25.9. The van der Waals surface area contributed by atoms with Crippen LogP contribution in [0, 0.1) is 0 Å². The van der Waals surface area contributed by atoms with Gasteiger partial charge in [0.2, 0.25) is 0 Å². The van der Waals surface area contributed by atoms with Crippen LogP contribution < -0.4 is 4.90 Å². The molecule has 0 aliphatic heterocycles. The first-order valence-corrected chi connectivity index (χ1v) is 4.81. The quantitative estimate of drug-likeness (QED) is 0.771. The number of nitrogens with zero attached hydrogens (tertiary/aromatic N) is 5. The molecule has 2 rings (SSSR count). The van der Waals surface area contributed by atoms with Gasteiger partial charge in [-0.3, -0.25) is 0 Å². The standard InChI is InChI=1S/C8H8ClF2N5/c1-15(3-6(10)11)7-2-5(9)14-8-12-4-13-16(7)8/h2,4,6H,3H2,1H3. The van der Waals surface area contributed by atoms with E-state index >= 15 is 0 Å². The minimum absolute atomic E-state index is 0.191. The van der Waals surface area contributed by atoms with Crippen LogP contribution in [-0.2, 0) is 0 Å². The van der Waals surface area contributed by atoms with Crippen molar-refractivity contribution in [1.29, 1.82) is 0 Å². The lowest BCUT2D eigenvalue weighted by Crippen LogP contribution is -2.26. The second-order valence-corrected chi connectivity index (χ2v) is 3.57. The Morgan fingerprint density at radius 3 is 3.00 bits per heavy atom. The fraction of sp³-hybridized carbons (Fsp3) is 0.375. The maximum Gasteiger partial charge on any atom is 0.255 e. The lowest BCUT2D eigenvalue weighted by Gasteiger charge is -2.18. The monoisotopic (exact) mass is 247 g/mol. The van der Waals surface area contributed by atoms with Gasteiger partial charge in [-0.2, -0.15) is 19.6 Å². The van der Waals surface area contributed by atoms with E-state index in [1.165, 1.54) is 28.9 Å². The van der Waals surface area contributed by atoms with Crippen molar-refractivity contribution in [2.24, 2.45) is 0 Å². The molecule has 8 heteroatoms. The van der Waals surface area contributed by atoms with Gasteiger partial charge in [0, 0.05) is 13.1 Å². The predicted octanol–water partition coefficient (Wildman–Crippen LogP) is 1.48. The van der Waals surface area contributed by atoms with E-state index in [1.54, 1.807) is 0 Å². The first kappa shape index (κ1) is 11.0. The van der Waals surface area contributed by atoms with Crippen LogP contribution >= 0.6 is 11.6 Å². The van der Waals surface area contributed by atoms with Gasteiger partial charge in [-0.05, 0) is 0 Å². The summed E-state index contributed by atoms with van der Waals surface area (Å²) in [6, 6.07) is 1.46. The SMILES string of the molecule is CN(CC(F)F)c1cc(Cl)nc2ncnn12. The van der Waals surface area contributed by atoms with Crippen molar-refractivity contribution >= 4 is 23.2 Å². The minimum Gasteiger partial charge on any atom is -0.354 e. The Balaban J connectivity index is 2.45. The molecular formula is C8H8ClF2N5. The average molecular weight is 248 g/mol. The lowest BCUT2D eigenvalue weighted by molar-refractivity contribution is 0.156. The van der Waals surface area contributed by atoms with Crippen LogP contribution in [0.15, 0.2) is 12.4 Å². The van der Waals surface area contributed by atoms with Crippen molar-refractivity contribution in [2.75, 3.05) is 18.5 Å². The van der Waals surface area contributed by atoms with Crippen molar-refractivity contribution in [3.05, 3.63) is 17.5 Å². The van der Waals surface area contributed by atoms with Crippen molar-refractivity contribution in [3.8, 4) is 0 Å². The Hall–Kier alpha value is -1.50. The zero-order valence-electron chi connectivity index (χ0n) is 8.31. The maximum absolute atomic E-state index is 12.3. The van der Waals surface area contributed by atoms with E-state index in [0.29, 0.717) is 5.82 Å². The number of hydrogen-bond donors (Lipinski definition) is 0. The summed E-state index contributed by atoms with van der Waals surface area (Å²) in [5.41, 5.74) is 0. The first-order chi connectivity index (χ1) is 7.58. The summed E-state index contributed by atoms with van der Waals surface area (Å²) in [6.45, 7) is -0.407. The van der Waals surface area contributed by atoms with Crippen molar-refractivity contribution in [2.45, 2.75) is 6.43 Å². The van der Waals surface area contributed by atoms with E-state index in [9.17, 15) is 8.78 Å². The molecule has 86 valence electrons. The molecule has 0 unspecified atom stereocenters. The zero-order chi connectivity index (χ0) is 11.7. The molecule has 2 aromatic rings. The second kappa shape index (κ2) is 4.17. The molecular weight excluding hydrogens is 240 g/mol. The van der Waals surface area contributed by atoms with Crippen molar-refractivity contribution in [1.82, 2.24) is 19.6 Å². The molecule has 0 radical (unpaired) electrons. The molecule has 0 saturated heterocycles. The highest BCUT2D eigenvalue weighted by molar-refractivity contribution is 6.29. The molecule has 5 nitrogen and oxygen atoms in total. The Kier molecular flexibility index (Phi) is 2.86. The predicted molar refractivity (Wildman–Crippen MR) is 55.1 cm³/mol. The molecule has 0 aliphatic rings. The van der Waals surface area contributed by atoms with Gasteiger partial charge < -0.3 is 4.90 Å². The molecule has 0 spiro atoms. The number of rotatable bonds is 3. The molecule has 0 aliphatic carbocycles. The van der Waals surface area contributed by atoms with Crippen LogP contribution in [0.25, 0.3) is 5.78 Å². The first-order valence-electron chi connectivity index (χ1n) is 4.43. The van der Waals surface area contributed by atoms with Gasteiger partial charge in [-0.15, -0.1) is 0 Å². The number of alkyl halides is 2. The highest BCUT2D eigenvalue weighted by atomic mass is 35.5. The molecule has 2 heterocycles. The summed E-state index contributed by atoms with van der Waals surface area (Å²) in [6.07, 6.45) is -1.14. The smallest absolute Gasteiger partial charge is 0.255 e. The van der Waals surface area contributed by atoms with Crippen molar-refractivity contribution < 1.29 is 8.78 Å². The van der Waals surface area contributed by atoms with E-state index in [0.717, 1.165) is 0 Å².